The molecule has 2 aromatic rings. The number of imide groups is 1. The highest BCUT2D eigenvalue weighted by Crippen LogP contribution is 2.77. The molecule has 0 aromatic heterocycles. The van der Waals surface area contributed by atoms with Gasteiger partial charge in [0.2, 0.25) is 0 Å². The predicted molar refractivity (Wildman–Crippen MR) is 150 cm³/mol. The average molecular weight is 704 g/mol. The molecule has 1 saturated heterocycles. The lowest BCUT2D eigenvalue weighted by atomic mass is 9.84. The number of carbonyl (C=O) groups is 3. The van der Waals surface area contributed by atoms with Crippen molar-refractivity contribution in [3.63, 3.8) is 0 Å². The second kappa shape index (κ2) is 9.84. The van der Waals surface area contributed by atoms with Crippen LogP contribution in [0.3, 0.4) is 0 Å². The van der Waals surface area contributed by atoms with E-state index in [0.29, 0.717) is 10.0 Å². The van der Waals surface area contributed by atoms with Crippen molar-refractivity contribution in [2.24, 2.45) is 11.8 Å². The van der Waals surface area contributed by atoms with Gasteiger partial charge in [-0.25, -0.2) is 5.01 Å². The molecule has 1 aliphatic heterocycles. The zero-order valence-electron chi connectivity index (χ0n) is 19.7. The van der Waals surface area contributed by atoms with Crippen LogP contribution in [0.5, 0.6) is 0 Å². The molecule has 2 fully saturated rings. The minimum atomic E-state index is -2.23. The van der Waals surface area contributed by atoms with Crippen LogP contribution in [0.25, 0.3) is 0 Å². The number of rotatable bonds is 6. The van der Waals surface area contributed by atoms with Gasteiger partial charge in [0.15, 0.2) is 4.33 Å². The Kier molecular flexibility index (Phi) is 7.22. The number of allylic oxidation sites excluding steroid dienone is 2. The third-order valence-corrected chi connectivity index (χ3v) is 11.7. The second-order valence-electron chi connectivity index (χ2n) is 9.27. The summed E-state index contributed by atoms with van der Waals surface area (Å²) in [7, 11) is 0. The number of amides is 3. The van der Waals surface area contributed by atoms with Crippen molar-refractivity contribution in [1.82, 2.24) is 10.0 Å². The molecule has 5 rings (SSSR count). The second-order valence-corrected chi connectivity index (χ2v) is 13.0. The fourth-order valence-corrected chi connectivity index (χ4v) is 8.42. The van der Waals surface area contributed by atoms with Crippen molar-refractivity contribution in [3.8, 4) is 0 Å². The summed E-state index contributed by atoms with van der Waals surface area (Å²) in [5, 5.41) is 23.2. The first-order chi connectivity index (χ1) is 19.0. The molecular weight excluding hydrogens is 692 g/mol. The van der Waals surface area contributed by atoms with E-state index in [2.05, 4.69) is 0 Å². The maximum Gasteiger partial charge on any atom is 0.275 e. The van der Waals surface area contributed by atoms with Crippen molar-refractivity contribution in [1.29, 1.82) is 0 Å². The first-order valence-corrected chi connectivity index (χ1v) is 13.8. The fourth-order valence-electron chi connectivity index (χ4n) is 5.33. The van der Waals surface area contributed by atoms with Gasteiger partial charge in [-0.15, -0.1) is 23.2 Å². The van der Waals surface area contributed by atoms with Crippen molar-refractivity contribution >= 4 is 110 Å². The van der Waals surface area contributed by atoms with Crippen LogP contribution in [0.2, 0.25) is 5.02 Å². The number of nitro benzene ring substituents is 2. The van der Waals surface area contributed by atoms with Crippen LogP contribution in [0.4, 0.5) is 11.4 Å². The van der Waals surface area contributed by atoms with E-state index < -0.39 is 65.7 Å². The van der Waals surface area contributed by atoms with Gasteiger partial charge in [0.05, 0.1) is 43.9 Å². The molecule has 1 heterocycles. The lowest BCUT2D eigenvalue weighted by Gasteiger charge is -2.37. The van der Waals surface area contributed by atoms with E-state index in [4.69, 9.17) is 81.2 Å². The number of fused-ring (bicyclic) bond motifs is 5. The van der Waals surface area contributed by atoms with E-state index in [1.807, 2.05) is 0 Å². The van der Waals surface area contributed by atoms with E-state index in [1.54, 1.807) is 0 Å². The Labute approximate surface area is 264 Å². The minimum absolute atomic E-state index is 0.0113. The molecule has 41 heavy (non-hydrogen) atoms. The summed E-state index contributed by atoms with van der Waals surface area (Å²) < 4.78 is -2.23. The molecule has 2 aromatic carbocycles. The highest BCUT2D eigenvalue weighted by atomic mass is 35.5. The van der Waals surface area contributed by atoms with Gasteiger partial charge in [-0.1, -0.05) is 58.0 Å². The van der Waals surface area contributed by atoms with Crippen LogP contribution < -0.4 is 0 Å². The van der Waals surface area contributed by atoms with Crippen molar-refractivity contribution < 1.29 is 24.2 Å². The summed E-state index contributed by atoms with van der Waals surface area (Å²) in [5.41, 5.74) is -1.18. The van der Waals surface area contributed by atoms with Gasteiger partial charge in [0, 0.05) is 28.8 Å². The largest absolute Gasteiger partial charge is 0.275 e. The van der Waals surface area contributed by atoms with Crippen molar-refractivity contribution in [2.45, 2.75) is 20.6 Å². The van der Waals surface area contributed by atoms with E-state index in [-0.39, 0.29) is 31.9 Å². The molecule has 18 heteroatoms. The van der Waals surface area contributed by atoms with Crippen molar-refractivity contribution in [3.05, 3.63) is 88.9 Å². The third kappa shape index (κ3) is 3.90. The molecule has 0 unspecified atom stereocenters. The zero-order valence-corrected chi connectivity index (χ0v) is 25.0. The van der Waals surface area contributed by atoms with Crippen LogP contribution >= 0.6 is 81.2 Å². The first kappa shape index (κ1) is 30.1. The van der Waals surface area contributed by atoms with Crippen LogP contribution in [-0.2, 0) is 16.1 Å². The monoisotopic (exact) mass is 700 g/mol. The zero-order chi connectivity index (χ0) is 30.4. The number of hydrazine groups is 1. The van der Waals surface area contributed by atoms with Crippen molar-refractivity contribution in [2.75, 3.05) is 0 Å². The summed E-state index contributed by atoms with van der Waals surface area (Å²) in [5.74, 6) is -6.38. The van der Waals surface area contributed by atoms with Gasteiger partial charge in [-0.3, -0.25) is 34.6 Å². The number of non-ortho nitro benzene ring substituents is 1. The van der Waals surface area contributed by atoms with Crippen LogP contribution in [0, 0.1) is 32.1 Å². The van der Waals surface area contributed by atoms with E-state index in [0.717, 1.165) is 30.3 Å². The number of carbonyl (C=O) groups excluding carboxylic acids is 3. The maximum atomic E-state index is 13.9. The molecule has 0 N–H and O–H groups in total. The predicted octanol–water partition coefficient (Wildman–Crippen LogP) is 6.16. The normalized spacial score (nSPS) is 27.8. The average Bonchev–Trinajstić information content (AvgIpc) is 3.30. The lowest BCUT2D eigenvalue weighted by Crippen LogP contribution is -2.55. The summed E-state index contributed by atoms with van der Waals surface area (Å²) in [6.45, 7) is -0.702. The highest BCUT2D eigenvalue weighted by Gasteiger charge is 2.88. The molecular formula is C23H11Cl7N4O7. The quantitative estimate of drug-likeness (QED) is 0.152. The molecule has 0 spiro atoms. The number of alkyl halides is 4. The number of nitro groups is 2. The molecule has 3 amide bonds. The van der Waals surface area contributed by atoms with E-state index >= 15 is 0 Å². The van der Waals surface area contributed by atoms with Gasteiger partial charge in [-0.05, 0) is 24.3 Å². The third-order valence-electron chi connectivity index (χ3n) is 7.25. The number of nitrogens with zero attached hydrogens (tertiary/aromatic N) is 4. The molecule has 3 aliphatic rings. The summed E-state index contributed by atoms with van der Waals surface area (Å²) in [4.78, 5) is 58.7. The Morgan fingerprint density at radius 2 is 1.37 bits per heavy atom. The van der Waals surface area contributed by atoms with Crippen LogP contribution in [-0.4, -0.2) is 51.7 Å². The number of halogens is 7. The van der Waals surface area contributed by atoms with Crippen LogP contribution in [0.1, 0.15) is 15.9 Å². The number of benzene rings is 2. The smallest absolute Gasteiger partial charge is 0.272 e. The minimum Gasteiger partial charge on any atom is -0.272 e. The van der Waals surface area contributed by atoms with Crippen LogP contribution in [0.15, 0.2) is 52.5 Å². The van der Waals surface area contributed by atoms with Gasteiger partial charge in [0.25, 0.3) is 29.1 Å². The molecule has 214 valence electrons. The fraction of sp³-hybridized carbons (Fsp3) is 0.261. The Hall–Kier alpha value is -2.38. The maximum absolute atomic E-state index is 13.9. The van der Waals surface area contributed by atoms with Gasteiger partial charge in [0.1, 0.15) is 9.75 Å². The molecule has 11 nitrogen and oxygen atoms in total. The molecule has 2 aliphatic carbocycles. The molecule has 4 atom stereocenters. The topological polar surface area (TPSA) is 144 Å². The van der Waals surface area contributed by atoms with Gasteiger partial charge >= 0.3 is 0 Å². The summed E-state index contributed by atoms with van der Waals surface area (Å²) >= 11 is 45.1. The summed E-state index contributed by atoms with van der Waals surface area (Å²) in [6, 6.07) is 7.79. The van der Waals surface area contributed by atoms with E-state index in [9.17, 15) is 34.6 Å². The number of hydrogen-bond acceptors (Lipinski definition) is 7. The Morgan fingerprint density at radius 3 is 1.83 bits per heavy atom. The van der Waals surface area contributed by atoms with Gasteiger partial charge < -0.3 is 0 Å². The standard InChI is InChI=1S/C23H11Cl7N4O7/c24-11-4-1-10(13(7-11)34(40)41)8-31(18(35)9-2-5-12(6-3-9)33(38)39)32-19(36)14-15(20(32)37)22(28)17(26)16(25)21(14,27)23(22,29)30/h1-7,14-15H,8H2/t14-,15-,21+,22+/m0/s1. The molecule has 0 radical (unpaired) electrons. The number of hydrogen-bond donors (Lipinski definition) is 0. The highest BCUT2D eigenvalue weighted by molar-refractivity contribution is 6.66. The summed E-state index contributed by atoms with van der Waals surface area (Å²) in [6.07, 6.45) is 0. The lowest BCUT2D eigenvalue weighted by molar-refractivity contribution is -0.385. The SMILES string of the molecule is O=C(c1ccc([N+](=O)[O-])cc1)N(Cc1ccc(Cl)cc1[N+](=O)[O-])N1C(=O)[C@@H]2[C@@H](C1=O)[C@@]1(Cl)C(Cl)=C(Cl)[C@@]2(Cl)C1(Cl)Cl. The Bertz CT molecular complexity index is 1570. The van der Waals surface area contributed by atoms with E-state index in [1.165, 1.54) is 12.1 Å². The molecule has 2 bridgehead atoms. The first-order valence-electron chi connectivity index (χ1n) is 11.2. The van der Waals surface area contributed by atoms with Gasteiger partial charge in [-0.2, -0.15) is 5.01 Å². The Balaban J connectivity index is 1.64. The molecule has 1 saturated carbocycles. The Morgan fingerprint density at radius 1 is 0.854 bits per heavy atom.